The number of anilines is 1. The van der Waals surface area contributed by atoms with Gasteiger partial charge in [-0.2, -0.15) is 5.10 Å². The Labute approximate surface area is 130 Å². The number of nitrogens with one attached hydrogen (secondary N) is 1. The fourth-order valence-electron chi connectivity index (χ4n) is 1.89. The quantitative estimate of drug-likeness (QED) is 0.827. The third-order valence-electron chi connectivity index (χ3n) is 2.93. The molecule has 0 saturated heterocycles. The highest BCUT2D eigenvalue weighted by atomic mass is 79.9. The van der Waals surface area contributed by atoms with Crippen molar-refractivity contribution in [3.05, 3.63) is 45.4 Å². The van der Waals surface area contributed by atoms with Crippen LogP contribution in [0.4, 0.5) is 10.1 Å². The first kappa shape index (κ1) is 14.9. The van der Waals surface area contributed by atoms with Crippen LogP contribution in [-0.2, 0) is 13.6 Å². The molecule has 2 aromatic rings. The summed E-state index contributed by atoms with van der Waals surface area (Å²) in [6.07, 6.45) is 1.90. The number of rotatable bonds is 4. The van der Waals surface area contributed by atoms with E-state index in [1.54, 1.807) is 16.8 Å². The molecule has 3 N–H and O–H groups in total. The monoisotopic (exact) mass is 356 g/mol. The van der Waals surface area contributed by atoms with Crippen molar-refractivity contribution in [2.24, 2.45) is 12.8 Å². The highest BCUT2D eigenvalue weighted by Gasteiger charge is 2.13. The number of halogens is 2. The van der Waals surface area contributed by atoms with Crippen LogP contribution in [0.1, 0.15) is 16.8 Å². The summed E-state index contributed by atoms with van der Waals surface area (Å²) in [6.45, 7) is 2.41. The minimum absolute atomic E-state index is 0.158. The molecule has 0 unspecified atom stereocenters. The van der Waals surface area contributed by atoms with E-state index in [1.165, 1.54) is 0 Å². The van der Waals surface area contributed by atoms with Gasteiger partial charge in [0.1, 0.15) is 4.99 Å². The van der Waals surface area contributed by atoms with Crippen LogP contribution in [0.25, 0.3) is 0 Å². The Balaban J connectivity index is 2.20. The largest absolute Gasteiger partial charge is 0.389 e. The van der Waals surface area contributed by atoms with Crippen LogP contribution in [0, 0.1) is 12.7 Å². The van der Waals surface area contributed by atoms with Gasteiger partial charge in [0, 0.05) is 30.9 Å². The summed E-state index contributed by atoms with van der Waals surface area (Å²) in [5, 5.41) is 7.29. The smallest absolute Gasteiger partial charge is 0.161 e. The predicted molar refractivity (Wildman–Crippen MR) is 85.3 cm³/mol. The van der Waals surface area contributed by atoms with Crippen LogP contribution in [-0.4, -0.2) is 14.8 Å². The number of hydrogen-bond acceptors (Lipinski definition) is 3. The van der Waals surface area contributed by atoms with Gasteiger partial charge in [0.25, 0.3) is 0 Å². The minimum Gasteiger partial charge on any atom is -0.389 e. The van der Waals surface area contributed by atoms with E-state index in [-0.39, 0.29) is 9.46 Å². The van der Waals surface area contributed by atoms with E-state index in [9.17, 15) is 4.39 Å². The van der Waals surface area contributed by atoms with Crippen LogP contribution >= 0.6 is 28.1 Å². The van der Waals surface area contributed by atoms with Crippen LogP contribution in [0.2, 0.25) is 0 Å². The van der Waals surface area contributed by atoms with Crippen molar-refractivity contribution in [1.29, 1.82) is 0 Å². The fourth-order valence-corrected chi connectivity index (χ4v) is 2.75. The van der Waals surface area contributed by atoms with Gasteiger partial charge in [-0.25, -0.2) is 4.39 Å². The molecule has 4 nitrogen and oxygen atoms in total. The lowest BCUT2D eigenvalue weighted by molar-refractivity contribution is 0.623. The number of aromatic nitrogens is 2. The molecule has 0 atom stereocenters. The first-order chi connectivity index (χ1) is 9.40. The highest BCUT2D eigenvalue weighted by molar-refractivity contribution is 9.10. The van der Waals surface area contributed by atoms with Gasteiger partial charge in [-0.1, -0.05) is 12.2 Å². The molecule has 20 heavy (non-hydrogen) atoms. The van der Waals surface area contributed by atoms with Gasteiger partial charge >= 0.3 is 0 Å². The van der Waals surface area contributed by atoms with Crippen LogP contribution < -0.4 is 11.1 Å². The first-order valence-electron chi connectivity index (χ1n) is 5.91. The molecular formula is C13H14BrFN4S. The van der Waals surface area contributed by atoms with Crippen molar-refractivity contribution in [2.45, 2.75) is 13.5 Å². The normalized spacial score (nSPS) is 10.6. The fraction of sp³-hybridized carbons (Fsp3) is 0.231. The number of thiocarbonyl (C=S) groups is 1. The van der Waals surface area contributed by atoms with Crippen molar-refractivity contribution < 1.29 is 4.39 Å². The first-order valence-corrected chi connectivity index (χ1v) is 7.11. The standard InChI is InChI=1S/C13H14BrFN4S/c1-7-8(6-19(2)18-7)5-17-10-4-3-9(13(16)20)11(14)12(10)15/h3-4,6,17H,5H2,1-2H3,(H2,16,20). The maximum absolute atomic E-state index is 14.2. The highest BCUT2D eigenvalue weighted by Crippen LogP contribution is 2.27. The molecule has 7 heteroatoms. The third-order valence-corrected chi connectivity index (χ3v) is 3.93. The minimum atomic E-state index is -0.406. The molecule has 0 aliphatic heterocycles. The molecule has 1 heterocycles. The molecule has 0 saturated carbocycles. The molecule has 2 rings (SSSR count). The number of hydrogen-bond donors (Lipinski definition) is 2. The molecule has 0 aliphatic carbocycles. The maximum atomic E-state index is 14.2. The number of nitrogens with two attached hydrogens (primary N) is 1. The van der Waals surface area contributed by atoms with E-state index in [4.69, 9.17) is 18.0 Å². The maximum Gasteiger partial charge on any atom is 0.161 e. The summed E-state index contributed by atoms with van der Waals surface area (Å²) in [7, 11) is 1.85. The molecule has 0 bridgehead atoms. The zero-order chi connectivity index (χ0) is 14.9. The Morgan fingerprint density at radius 3 is 2.80 bits per heavy atom. The van der Waals surface area contributed by atoms with Gasteiger partial charge in [0.15, 0.2) is 5.82 Å². The molecule has 106 valence electrons. The lowest BCUT2D eigenvalue weighted by atomic mass is 10.2. The summed E-state index contributed by atoms with van der Waals surface area (Å²) < 4.78 is 16.2. The Morgan fingerprint density at radius 1 is 1.55 bits per heavy atom. The Morgan fingerprint density at radius 2 is 2.25 bits per heavy atom. The predicted octanol–water partition coefficient (Wildman–Crippen LogP) is 2.88. The molecule has 1 aromatic carbocycles. The molecule has 0 aliphatic rings. The van der Waals surface area contributed by atoms with Crippen molar-refractivity contribution in [2.75, 3.05) is 5.32 Å². The van der Waals surface area contributed by atoms with Gasteiger partial charge in [-0.3, -0.25) is 4.68 Å². The van der Waals surface area contributed by atoms with Gasteiger partial charge in [0.05, 0.1) is 15.9 Å². The summed E-state index contributed by atoms with van der Waals surface area (Å²) in [5.41, 5.74) is 8.33. The van der Waals surface area contributed by atoms with Crippen LogP contribution in [0.3, 0.4) is 0 Å². The number of aryl methyl sites for hydroxylation is 2. The topological polar surface area (TPSA) is 55.9 Å². The average molecular weight is 357 g/mol. The lowest BCUT2D eigenvalue weighted by Gasteiger charge is -2.10. The second-order valence-corrected chi connectivity index (χ2v) is 5.65. The summed E-state index contributed by atoms with van der Waals surface area (Å²) in [5.74, 6) is -0.406. The second-order valence-electron chi connectivity index (χ2n) is 4.42. The van der Waals surface area contributed by atoms with Gasteiger partial charge in [0.2, 0.25) is 0 Å². The summed E-state index contributed by atoms with van der Waals surface area (Å²) in [4.78, 5) is 0.158. The third kappa shape index (κ3) is 2.99. The van der Waals surface area contributed by atoms with Gasteiger partial charge in [-0.05, 0) is 35.0 Å². The van der Waals surface area contributed by atoms with Crippen molar-refractivity contribution in [3.63, 3.8) is 0 Å². The van der Waals surface area contributed by atoms with E-state index >= 15 is 0 Å². The molecular weight excluding hydrogens is 343 g/mol. The molecule has 0 spiro atoms. The molecule has 0 amide bonds. The van der Waals surface area contributed by atoms with Crippen molar-refractivity contribution in [3.8, 4) is 0 Å². The van der Waals surface area contributed by atoms with E-state index in [0.29, 0.717) is 17.8 Å². The number of benzene rings is 1. The second kappa shape index (κ2) is 5.88. The Bertz CT molecular complexity index is 669. The zero-order valence-electron chi connectivity index (χ0n) is 11.1. The van der Waals surface area contributed by atoms with E-state index in [0.717, 1.165) is 11.3 Å². The van der Waals surface area contributed by atoms with E-state index in [2.05, 4.69) is 26.3 Å². The zero-order valence-corrected chi connectivity index (χ0v) is 13.5. The number of nitrogens with zero attached hydrogens (tertiary/aromatic N) is 2. The van der Waals surface area contributed by atoms with Crippen molar-refractivity contribution in [1.82, 2.24) is 9.78 Å². The van der Waals surface area contributed by atoms with E-state index < -0.39 is 5.82 Å². The Hall–Kier alpha value is -1.47. The Kier molecular flexibility index (Phi) is 4.39. The van der Waals surface area contributed by atoms with Gasteiger partial charge in [-0.15, -0.1) is 0 Å². The SMILES string of the molecule is Cc1nn(C)cc1CNc1ccc(C(N)=S)c(Br)c1F. The molecule has 0 fully saturated rings. The van der Waals surface area contributed by atoms with Crippen LogP contribution in [0.15, 0.2) is 22.8 Å². The molecule has 0 radical (unpaired) electrons. The van der Waals surface area contributed by atoms with Crippen molar-refractivity contribution >= 4 is 38.8 Å². The summed E-state index contributed by atoms with van der Waals surface area (Å²) in [6, 6.07) is 3.31. The molecule has 1 aromatic heterocycles. The van der Waals surface area contributed by atoms with Crippen LogP contribution in [0.5, 0.6) is 0 Å². The van der Waals surface area contributed by atoms with E-state index in [1.807, 2.05) is 20.2 Å². The lowest BCUT2D eigenvalue weighted by Crippen LogP contribution is -2.12. The van der Waals surface area contributed by atoms with Gasteiger partial charge < -0.3 is 11.1 Å². The summed E-state index contributed by atoms with van der Waals surface area (Å²) >= 11 is 8.04. The average Bonchev–Trinajstić information content (AvgIpc) is 2.69.